The summed E-state index contributed by atoms with van der Waals surface area (Å²) >= 11 is -2.49. The fourth-order valence-corrected chi connectivity index (χ4v) is 0.112. The maximum atomic E-state index is 9.25. The average molecular weight is 105 g/mol. The second-order valence-electron chi connectivity index (χ2n) is 0.420. The van der Waals surface area contributed by atoms with E-state index in [1.165, 1.54) is 6.01 Å². The quantitative estimate of drug-likeness (QED) is 0.361. The van der Waals surface area contributed by atoms with E-state index < -0.39 is 11.3 Å². The fraction of sp³-hybridized carbons (Fsp3) is 0. The first-order valence-electron chi connectivity index (χ1n) is 0.990. The van der Waals surface area contributed by atoms with E-state index in [1.54, 1.807) is 0 Å². The van der Waals surface area contributed by atoms with E-state index in [9.17, 15) is 8.76 Å². The summed E-state index contributed by atoms with van der Waals surface area (Å²) in [5.41, 5.74) is 0. The van der Waals surface area contributed by atoms with E-state index in [0.29, 0.717) is 0 Å². The molecule has 0 aromatic rings. The summed E-state index contributed by atoms with van der Waals surface area (Å²) in [7, 11) is 0. The zero-order valence-electron chi connectivity index (χ0n) is 2.67. The summed E-state index contributed by atoms with van der Waals surface area (Å²) < 4.78 is 21.0. The molecule has 0 saturated heterocycles. The lowest BCUT2D eigenvalue weighted by Gasteiger charge is -1.85. The van der Waals surface area contributed by atoms with Crippen LogP contribution in [-0.2, 0) is 11.3 Å². The van der Waals surface area contributed by atoms with Gasteiger partial charge in [-0.2, -0.15) is 0 Å². The third-order valence-electron chi connectivity index (χ3n) is 0.120. The molecule has 1 N–H and O–H groups in total. The Bertz CT molecular complexity index is 104. The highest BCUT2D eigenvalue weighted by Crippen LogP contribution is 1.64. The fourth-order valence-electron chi connectivity index (χ4n) is 0.0373. The van der Waals surface area contributed by atoms with Gasteiger partial charge in [-0.25, -0.2) is 9.62 Å². The van der Waals surface area contributed by atoms with Crippen LogP contribution in [0.3, 0.4) is 0 Å². The Balaban J connectivity index is 3.60. The van der Waals surface area contributed by atoms with Gasteiger partial charge in [0, 0.05) is 0 Å². The van der Waals surface area contributed by atoms with Crippen LogP contribution in [0, 0.1) is 5.41 Å². The molecule has 0 aliphatic rings. The molecule has 0 radical (unpaired) electrons. The topological polar surface area (TPSA) is 76.3 Å². The highest BCUT2D eigenvalue weighted by molar-refractivity contribution is 7.77. The second kappa shape index (κ2) is 2.71. The molecule has 1 atom stereocenters. The van der Waals surface area contributed by atoms with Crippen molar-refractivity contribution in [3.05, 3.63) is 0 Å². The molecule has 0 rings (SSSR count). The Kier molecular flexibility index (Phi) is 2.48. The summed E-state index contributed by atoms with van der Waals surface area (Å²) in [6.45, 7) is 0. The van der Waals surface area contributed by atoms with Crippen LogP contribution in [0.5, 0.6) is 0 Å². The molecule has 1 unspecified atom stereocenters. The van der Waals surface area contributed by atoms with Crippen molar-refractivity contribution >= 4 is 17.3 Å². The van der Waals surface area contributed by atoms with Crippen molar-refractivity contribution in [1.82, 2.24) is 0 Å². The standard InChI is InChI=1S/CH2N2O2S/c2-1-3-6(4)5/h2H,(H,4,5)/p-1. The van der Waals surface area contributed by atoms with Crippen molar-refractivity contribution in [2.75, 3.05) is 0 Å². The van der Waals surface area contributed by atoms with Crippen LogP contribution >= 0.6 is 0 Å². The summed E-state index contributed by atoms with van der Waals surface area (Å²) in [6, 6.07) is 1.33. The van der Waals surface area contributed by atoms with Crippen LogP contribution in [0.2, 0.25) is 0 Å². The van der Waals surface area contributed by atoms with Crippen molar-refractivity contribution in [3.8, 4) is 0 Å². The highest BCUT2D eigenvalue weighted by Gasteiger charge is 1.57. The molecule has 0 aromatic carbocycles. The van der Waals surface area contributed by atoms with Crippen molar-refractivity contribution in [3.63, 3.8) is 0 Å². The molecule has 0 spiro atoms. The van der Waals surface area contributed by atoms with Crippen LogP contribution < -0.4 is 0 Å². The molecule has 0 heterocycles. The molecule has 0 aliphatic heterocycles. The smallest absolute Gasteiger partial charge is 0.100 e. The monoisotopic (exact) mass is 105 g/mol. The van der Waals surface area contributed by atoms with E-state index in [-0.39, 0.29) is 0 Å². The van der Waals surface area contributed by atoms with E-state index >= 15 is 0 Å². The number of hydrogen-bond donors (Lipinski definition) is 1. The molecule has 0 fully saturated rings. The Morgan fingerprint density at radius 3 is 2.50 bits per heavy atom. The molecule has 5 heteroatoms. The van der Waals surface area contributed by atoms with E-state index in [1.807, 2.05) is 0 Å². The van der Waals surface area contributed by atoms with Gasteiger partial charge in [-0.1, -0.05) is 0 Å². The number of nitrogens with zero attached hydrogens (tertiary/aromatic N) is 1. The van der Waals surface area contributed by atoms with Crippen LogP contribution in [0.15, 0.2) is 4.40 Å². The predicted molar refractivity (Wildman–Crippen MR) is 19.1 cm³/mol. The highest BCUT2D eigenvalue weighted by atomic mass is 32.2. The molecule has 0 aliphatic carbocycles. The summed E-state index contributed by atoms with van der Waals surface area (Å²) in [5, 5.41) is 5.92. The van der Waals surface area contributed by atoms with Gasteiger partial charge in [-0.3, -0.25) is 0 Å². The largest absolute Gasteiger partial charge is 0.753 e. The predicted octanol–water partition coefficient (Wildman–Crippen LogP) is -0.467. The lowest BCUT2D eigenvalue weighted by molar-refractivity contribution is 0.539. The third kappa shape index (κ3) is 3.49. The number of nitrogens with one attached hydrogen (secondary N) is 1. The summed E-state index contributed by atoms with van der Waals surface area (Å²) in [6.07, 6.45) is 0. The van der Waals surface area contributed by atoms with E-state index in [0.717, 1.165) is 0 Å². The molecule has 0 bridgehead atoms. The number of hydrogen-bond acceptors (Lipinski definition) is 3. The lowest BCUT2D eigenvalue weighted by atomic mass is 11.6. The zero-order valence-corrected chi connectivity index (χ0v) is 3.49. The van der Waals surface area contributed by atoms with Gasteiger partial charge < -0.3 is 4.55 Å². The zero-order chi connectivity index (χ0) is 4.99. The molecule has 34 valence electrons. The molecule has 4 nitrogen and oxygen atoms in total. The van der Waals surface area contributed by atoms with Gasteiger partial charge in [0.05, 0.1) is 11.3 Å². The third-order valence-corrected chi connectivity index (χ3v) is 0.361. The molecule has 6 heavy (non-hydrogen) atoms. The van der Waals surface area contributed by atoms with Crippen LogP contribution in [0.4, 0.5) is 0 Å². The van der Waals surface area contributed by atoms with Crippen LogP contribution in [0.25, 0.3) is 0 Å². The Morgan fingerprint density at radius 1 is 2.00 bits per heavy atom. The lowest BCUT2D eigenvalue weighted by Crippen LogP contribution is -1.74. The second-order valence-corrected chi connectivity index (χ2v) is 1.04. The normalized spacial score (nSPS) is 12.2. The molecular formula is CHN2O2S-. The van der Waals surface area contributed by atoms with Crippen LogP contribution in [-0.4, -0.2) is 14.8 Å². The maximum absolute atomic E-state index is 9.25. The van der Waals surface area contributed by atoms with Gasteiger partial charge in [-0.05, 0) is 0 Å². The first kappa shape index (κ1) is 5.49. The van der Waals surface area contributed by atoms with Crippen molar-refractivity contribution in [2.24, 2.45) is 4.40 Å². The molecule has 0 amide bonds. The van der Waals surface area contributed by atoms with Gasteiger partial charge in [0.1, 0.15) is 6.01 Å². The minimum absolute atomic E-state index is 1.33. The Morgan fingerprint density at radius 2 is 2.50 bits per heavy atom. The molecule has 0 saturated carbocycles. The van der Waals surface area contributed by atoms with Crippen molar-refractivity contribution < 1.29 is 8.76 Å². The summed E-state index contributed by atoms with van der Waals surface area (Å²) in [5.74, 6) is 0. The molecular weight excluding hydrogens is 104 g/mol. The Hall–Kier alpha value is -0.510. The first-order valence-corrected chi connectivity index (χ1v) is 2.02. The van der Waals surface area contributed by atoms with Crippen molar-refractivity contribution in [2.45, 2.75) is 0 Å². The van der Waals surface area contributed by atoms with Gasteiger partial charge in [0.25, 0.3) is 0 Å². The first-order chi connectivity index (χ1) is 2.77. The van der Waals surface area contributed by atoms with Gasteiger partial charge in [0.15, 0.2) is 0 Å². The van der Waals surface area contributed by atoms with Gasteiger partial charge >= 0.3 is 0 Å². The number of rotatable bonds is 1. The van der Waals surface area contributed by atoms with Gasteiger partial charge in [0.2, 0.25) is 0 Å². The van der Waals surface area contributed by atoms with Crippen LogP contribution in [0.1, 0.15) is 0 Å². The SMILES string of the molecule is N=C=NS(=O)[O-]. The average Bonchev–Trinajstić information content (AvgIpc) is 1.35. The molecule has 0 aromatic heterocycles. The minimum atomic E-state index is -2.49. The van der Waals surface area contributed by atoms with E-state index in [2.05, 4.69) is 4.40 Å². The maximum Gasteiger partial charge on any atom is 0.100 e. The summed E-state index contributed by atoms with van der Waals surface area (Å²) in [4.78, 5) is 0. The minimum Gasteiger partial charge on any atom is -0.753 e. The Labute approximate surface area is 36.8 Å². The van der Waals surface area contributed by atoms with Gasteiger partial charge in [-0.15, -0.1) is 4.40 Å². The van der Waals surface area contributed by atoms with Crippen molar-refractivity contribution in [1.29, 1.82) is 5.41 Å². The van der Waals surface area contributed by atoms with E-state index in [4.69, 9.17) is 5.41 Å².